The Morgan fingerprint density at radius 1 is 1.38 bits per heavy atom. The fourth-order valence-electron chi connectivity index (χ4n) is 3.36. The average Bonchev–Trinajstić information content (AvgIpc) is 3.18. The molecular formula is C15H21N3O2S. The molecule has 1 fully saturated rings. The van der Waals surface area contributed by atoms with Gasteiger partial charge in [-0.05, 0) is 43.7 Å². The first-order valence-corrected chi connectivity index (χ1v) is 8.39. The first kappa shape index (κ1) is 14.4. The second-order valence-electron chi connectivity index (χ2n) is 5.88. The standard InChI is InChI=1S/C15H21N3O2S/c16-14(17-20)9-18(11-5-1-2-6-11)15(19)13-8-10-4-3-7-12(10)21-13/h8,11,20H,1-7,9H2,(H2,16,17). The molecule has 0 radical (unpaired) electrons. The summed E-state index contributed by atoms with van der Waals surface area (Å²) in [6.45, 7) is 0.211. The number of hydrogen-bond donors (Lipinski definition) is 2. The molecule has 2 aliphatic rings. The second kappa shape index (κ2) is 6.05. The molecule has 1 aromatic heterocycles. The van der Waals surface area contributed by atoms with Gasteiger partial charge in [-0.1, -0.05) is 18.0 Å². The quantitative estimate of drug-likeness (QED) is 0.388. The minimum Gasteiger partial charge on any atom is -0.409 e. The van der Waals surface area contributed by atoms with Crippen molar-refractivity contribution >= 4 is 23.1 Å². The van der Waals surface area contributed by atoms with Crippen molar-refractivity contribution in [3.05, 3.63) is 21.4 Å². The zero-order valence-electron chi connectivity index (χ0n) is 12.0. The van der Waals surface area contributed by atoms with Gasteiger partial charge in [0.15, 0.2) is 5.84 Å². The SMILES string of the molecule is NC(CN(C(=O)c1cc2c(s1)CCC2)C1CCCC1)=NO. The van der Waals surface area contributed by atoms with E-state index < -0.39 is 0 Å². The Hall–Kier alpha value is -1.56. The summed E-state index contributed by atoms with van der Waals surface area (Å²) in [7, 11) is 0. The molecule has 3 N–H and O–H groups in total. The van der Waals surface area contributed by atoms with E-state index in [1.807, 2.05) is 6.07 Å². The molecule has 3 rings (SSSR count). The van der Waals surface area contributed by atoms with E-state index in [4.69, 9.17) is 10.9 Å². The highest BCUT2D eigenvalue weighted by Crippen LogP contribution is 2.32. The van der Waals surface area contributed by atoms with Crippen LogP contribution in [-0.4, -0.2) is 34.4 Å². The predicted molar refractivity (Wildman–Crippen MR) is 83.0 cm³/mol. The summed E-state index contributed by atoms with van der Waals surface area (Å²) in [5.74, 6) is 0.132. The Labute approximate surface area is 128 Å². The first-order valence-electron chi connectivity index (χ1n) is 7.58. The van der Waals surface area contributed by atoms with Crippen molar-refractivity contribution in [1.29, 1.82) is 0 Å². The molecule has 0 unspecified atom stereocenters. The van der Waals surface area contributed by atoms with Gasteiger partial charge in [-0.25, -0.2) is 0 Å². The maximum absolute atomic E-state index is 12.8. The third kappa shape index (κ3) is 2.90. The maximum Gasteiger partial charge on any atom is 0.264 e. The van der Waals surface area contributed by atoms with E-state index in [9.17, 15) is 4.79 Å². The number of amidine groups is 1. The number of carbonyl (C=O) groups excluding carboxylic acids is 1. The van der Waals surface area contributed by atoms with Crippen LogP contribution in [0.3, 0.4) is 0 Å². The molecule has 0 aliphatic heterocycles. The molecule has 0 aromatic carbocycles. The zero-order valence-corrected chi connectivity index (χ0v) is 12.9. The van der Waals surface area contributed by atoms with Crippen molar-refractivity contribution in [1.82, 2.24) is 4.90 Å². The van der Waals surface area contributed by atoms with E-state index in [0.29, 0.717) is 0 Å². The third-order valence-electron chi connectivity index (χ3n) is 4.44. The van der Waals surface area contributed by atoms with Crippen LogP contribution in [0.25, 0.3) is 0 Å². The summed E-state index contributed by atoms with van der Waals surface area (Å²) in [6, 6.07) is 2.26. The molecule has 6 heteroatoms. The number of carbonyl (C=O) groups is 1. The van der Waals surface area contributed by atoms with Gasteiger partial charge < -0.3 is 15.8 Å². The monoisotopic (exact) mass is 307 g/mol. The van der Waals surface area contributed by atoms with Crippen LogP contribution in [0, 0.1) is 0 Å². The van der Waals surface area contributed by atoms with E-state index in [-0.39, 0.29) is 24.3 Å². The summed E-state index contributed by atoms with van der Waals surface area (Å²) in [4.78, 5) is 16.8. The van der Waals surface area contributed by atoms with E-state index in [2.05, 4.69) is 5.16 Å². The largest absolute Gasteiger partial charge is 0.409 e. The minimum absolute atomic E-state index is 0.0351. The Bertz CT molecular complexity index is 540. The Kier molecular flexibility index (Phi) is 4.14. The molecule has 0 atom stereocenters. The van der Waals surface area contributed by atoms with Crippen molar-refractivity contribution in [2.24, 2.45) is 10.9 Å². The highest BCUT2D eigenvalue weighted by atomic mass is 32.1. The zero-order chi connectivity index (χ0) is 14.8. The number of nitrogens with two attached hydrogens (primary N) is 1. The molecule has 1 heterocycles. The van der Waals surface area contributed by atoms with Gasteiger partial charge in [0, 0.05) is 10.9 Å². The molecule has 2 aliphatic carbocycles. The van der Waals surface area contributed by atoms with Gasteiger partial charge in [0.1, 0.15) is 0 Å². The lowest BCUT2D eigenvalue weighted by molar-refractivity contribution is 0.0717. The highest BCUT2D eigenvalue weighted by Gasteiger charge is 2.30. The van der Waals surface area contributed by atoms with Crippen LogP contribution in [0.15, 0.2) is 11.2 Å². The summed E-state index contributed by atoms with van der Waals surface area (Å²) < 4.78 is 0. The molecule has 0 saturated heterocycles. The molecule has 0 spiro atoms. The number of amides is 1. The molecule has 1 amide bonds. The summed E-state index contributed by atoms with van der Waals surface area (Å²) in [6.07, 6.45) is 7.69. The van der Waals surface area contributed by atoms with Gasteiger partial charge in [0.2, 0.25) is 0 Å². The molecule has 114 valence electrons. The number of nitrogens with zero attached hydrogens (tertiary/aromatic N) is 2. The molecule has 5 nitrogen and oxygen atoms in total. The number of oxime groups is 1. The normalized spacial score (nSPS) is 19.0. The number of thiophene rings is 1. The fourth-order valence-corrected chi connectivity index (χ4v) is 4.57. The van der Waals surface area contributed by atoms with Crippen LogP contribution in [0.4, 0.5) is 0 Å². The number of aryl methyl sites for hydroxylation is 2. The van der Waals surface area contributed by atoms with Gasteiger partial charge in [0.05, 0.1) is 11.4 Å². The van der Waals surface area contributed by atoms with Crippen LogP contribution >= 0.6 is 11.3 Å². The van der Waals surface area contributed by atoms with E-state index in [0.717, 1.165) is 43.4 Å². The van der Waals surface area contributed by atoms with Crippen molar-refractivity contribution < 1.29 is 10.0 Å². The van der Waals surface area contributed by atoms with E-state index in [1.54, 1.807) is 16.2 Å². The fraction of sp³-hybridized carbons (Fsp3) is 0.600. The smallest absolute Gasteiger partial charge is 0.264 e. The van der Waals surface area contributed by atoms with E-state index >= 15 is 0 Å². The Balaban J connectivity index is 1.81. The average molecular weight is 307 g/mol. The molecule has 1 aromatic rings. The Morgan fingerprint density at radius 3 is 2.81 bits per heavy atom. The van der Waals surface area contributed by atoms with Gasteiger partial charge in [0.25, 0.3) is 5.91 Å². The minimum atomic E-state index is 0.0351. The van der Waals surface area contributed by atoms with Gasteiger partial charge in [-0.15, -0.1) is 11.3 Å². The lowest BCUT2D eigenvalue weighted by Gasteiger charge is -2.28. The molecular weight excluding hydrogens is 286 g/mol. The Morgan fingerprint density at radius 2 is 2.14 bits per heavy atom. The topological polar surface area (TPSA) is 78.9 Å². The highest BCUT2D eigenvalue weighted by molar-refractivity contribution is 7.14. The summed E-state index contributed by atoms with van der Waals surface area (Å²) >= 11 is 1.62. The van der Waals surface area contributed by atoms with Crippen LogP contribution < -0.4 is 5.73 Å². The molecule has 1 saturated carbocycles. The summed E-state index contributed by atoms with van der Waals surface area (Å²) in [5.41, 5.74) is 6.97. The number of fused-ring (bicyclic) bond motifs is 1. The number of rotatable bonds is 4. The lowest BCUT2D eigenvalue weighted by Crippen LogP contribution is -2.44. The van der Waals surface area contributed by atoms with Crippen molar-refractivity contribution in [3.8, 4) is 0 Å². The molecule has 0 bridgehead atoms. The van der Waals surface area contributed by atoms with Gasteiger partial charge >= 0.3 is 0 Å². The number of hydrogen-bond acceptors (Lipinski definition) is 4. The van der Waals surface area contributed by atoms with Crippen molar-refractivity contribution in [2.45, 2.75) is 51.0 Å². The summed E-state index contributed by atoms with van der Waals surface area (Å²) in [5, 5.41) is 11.8. The van der Waals surface area contributed by atoms with Crippen LogP contribution in [0.2, 0.25) is 0 Å². The predicted octanol–water partition coefficient (Wildman–Crippen LogP) is 2.37. The van der Waals surface area contributed by atoms with E-state index in [1.165, 1.54) is 16.9 Å². The third-order valence-corrected chi connectivity index (χ3v) is 5.67. The maximum atomic E-state index is 12.8. The van der Waals surface area contributed by atoms with Crippen LogP contribution in [-0.2, 0) is 12.8 Å². The van der Waals surface area contributed by atoms with Crippen LogP contribution in [0.1, 0.15) is 52.2 Å². The van der Waals surface area contributed by atoms with Gasteiger partial charge in [-0.3, -0.25) is 4.79 Å². The lowest BCUT2D eigenvalue weighted by atomic mass is 10.2. The van der Waals surface area contributed by atoms with Crippen molar-refractivity contribution in [2.75, 3.05) is 6.54 Å². The van der Waals surface area contributed by atoms with Crippen molar-refractivity contribution in [3.63, 3.8) is 0 Å². The van der Waals surface area contributed by atoms with Gasteiger partial charge in [-0.2, -0.15) is 0 Å². The van der Waals surface area contributed by atoms with Crippen LogP contribution in [0.5, 0.6) is 0 Å². The first-order chi connectivity index (χ1) is 10.2. The molecule has 21 heavy (non-hydrogen) atoms. The second-order valence-corrected chi connectivity index (χ2v) is 7.01.